The van der Waals surface area contributed by atoms with E-state index in [0.717, 1.165) is 16.6 Å². The molecule has 0 saturated heterocycles. The van der Waals surface area contributed by atoms with Crippen molar-refractivity contribution in [2.24, 2.45) is 7.05 Å². The van der Waals surface area contributed by atoms with Crippen molar-refractivity contribution in [3.05, 3.63) is 42.1 Å². The number of H-pyrrole nitrogens is 1. The third-order valence-electron chi connectivity index (χ3n) is 3.23. The van der Waals surface area contributed by atoms with Crippen LogP contribution < -0.4 is 0 Å². The van der Waals surface area contributed by atoms with Gasteiger partial charge in [-0.15, -0.1) is 0 Å². The van der Waals surface area contributed by atoms with E-state index in [4.69, 9.17) is 5.11 Å². The summed E-state index contributed by atoms with van der Waals surface area (Å²) in [6.07, 6.45) is 0. The highest BCUT2D eigenvalue weighted by molar-refractivity contribution is 5.92. The minimum absolute atomic E-state index is 0.143. The van der Waals surface area contributed by atoms with Crippen LogP contribution >= 0.6 is 0 Å². The van der Waals surface area contributed by atoms with Crippen molar-refractivity contribution in [1.82, 2.24) is 9.55 Å². The van der Waals surface area contributed by atoms with Crippen LogP contribution in [0.5, 0.6) is 5.75 Å². The Labute approximate surface area is 108 Å². The van der Waals surface area contributed by atoms with Gasteiger partial charge in [0.2, 0.25) is 0 Å². The number of para-hydroxylation sites is 1. The molecule has 0 fully saturated rings. The van der Waals surface area contributed by atoms with Crippen molar-refractivity contribution >= 4 is 16.9 Å². The normalized spacial score (nSPS) is 11.0. The lowest BCUT2D eigenvalue weighted by atomic mass is 10.2. The first-order valence-electron chi connectivity index (χ1n) is 5.78. The van der Waals surface area contributed by atoms with Crippen molar-refractivity contribution in [2.45, 2.75) is 0 Å². The number of aromatic carboxylic acids is 1. The molecular weight excluding hydrogens is 244 g/mol. The number of aryl methyl sites for hydroxylation is 1. The standard InChI is InChI=1S/C14H12N2O3/c1-16-11(9-5-6-10(15-9)14(18)19)7-8-3-2-4-12(17)13(8)16/h2-7,15,17H,1H3,(H,18,19). The van der Waals surface area contributed by atoms with Gasteiger partial charge in [-0.05, 0) is 24.3 Å². The number of phenols is 1. The van der Waals surface area contributed by atoms with Crippen LogP contribution in [0.2, 0.25) is 0 Å². The zero-order valence-electron chi connectivity index (χ0n) is 10.2. The number of aromatic amines is 1. The highest BCUT2D eigenvalue weighted by Gasteiger charge is 2.13. The Morgan fingerprint density at radius 1 is 1.26 bits per heavy atom. The van der Waals surface area contributed by atoms with E-state index in [-0.39, 0.29) is 11.4 Å². The Balaban J connectivity index is 2.22. The summed E-state index contributed by atoms with van der Waals surface area (Å²) >= 11 is 0. The monoisotopic (exact) mass is 256 g/mol. The molecule has 0 radical (unpaired) electrons. The molecule has 2 aromatic heterocycles. The van der Waals surface area contributed by atoms with Crippen LogP contribution in [0.3, 0.4) is 0 Å². The van der Waals surface area contributed by atoms with Gasteiger partial charge in [-0.3, -0.25) is 0 Å². The molecule has 19 heavy (non-hydrogen) atoms. The van der Waals surface area contributed by atoms with E-state index < -0.39 is 5.97 Å². The maximum Gasteiger partial charge on any atom is 0.352 e. The van der Waals surface area contributed by atoms with Gasteiger partial charge in [0.05, 0.1) is 16.9 Å². The molecule has 0 amide bonds. The number of hydrogen-bond donors (Lipinski definition) is 3. The number of rotatable bonds is 2. The Morgan fingerprint density at radius 3 is 2.68 bits per heavy atom. The summed E-state index contributed by atoms with van der Waals surface area (Å²) in [5, 5.41) is 19.7. The van der Waals surface area contributed by atoms with E-state index in [1.807, 2.05) is 23.7 Å². The minimum atomic E-state index is -0.993. The third-order valence-corrected chi connectivity index (χ3v) is 3.23. The second-order valence-corrected chi connectivity index (χ2v) is 4.39. The van der Waals surface area contributed by atoms with Crippen molar-refractivity contribution in [1.29, 1.82) is 0 Å². The topological polar surface area (TPSA) is 78.2 Å². The van der Waals surface area contributed by atoms with Gasteiger partial charge in [-0.1, -0.05) is 12.1 Å². The van der Waals surface area contributed by atoms with Crippen LogP contribution in [-0.2, 0) is 7.05 Å². The summed E-state index contributed by atoms with van der Waals surface area (Å²) in [4.78, 5) is 13.7. The van der Waals surface area contributed by atoms with Gasteiger partial charge in [0.1, 0.15) is 11.4 Å². The number of nitrogens with zero attached hydrogens (tertiary/aromatic N) is 1. The molecule has 0 aliphatic carbocycles. The molecule has 1 aromatic carbocycles. The summed E-state index contributed by atoms with van der Waals surface area (Å²) in [7, 11) is 1.83. The summed E-state index contributed by atoms with van der Waals surface area (Å²) in [5.74, 6) is -0.788. The molecule has 0 bridgehead atoms. The van der Waals surface area contributed by atoms with E-state index in [1.165, 1.54) is 6.07 Å². The zero-order valence-corrected chi connectivity index (χ0v) is 10.2. The number of aromatic nitrogens is 2. The lowest BCUT2D eigenvalue weighted by molar-refractivity contribution is 0.0691. The SMILES string of the molecule is Cn1c(-c2ccc(C(=O)O)[nH]2)cc2cccc(O)c21. The fourth-order valence-corrected chi connectivity index (χ4v) is 2.32. The Bertz CT molecular complexity index is 783. The van der Waals surface area contributed by atoms with Crippen molar-refractivity contribution in [3.63, 3.8) is 0 Å². The smallest absolute Gasteiger partial charge is 0.352 e. The fourth-order valence-electron chi connectivity index (χ4n) is 2.32. The van der Waals surface area contributed by atoms with Crippen LogP contribution in [-0.4, -0.2) is 25.7 Å². The molecule has 0 saturated carbocycles. The van der Waals surface area contributed by atoms with E-state index in [2.05, 4.69) is 4.98 Å². The first-order valence-corrected chi connectivity index (χ1v) is 5.78. The number of hydrogen-bond acceptors (Lipinski definition) is 2. The molecule has 0 unspecified atom stereocenters. The van der Waals surface area contributed by atoms with Gasteiger partial charge in [-0.25, -0.2) is 4.79 Å². The van der Waals surface area contributed by atoms with Gasteiger partial charge < -0.3 is 19.8 Å². The highest BCUT2D eigenvalue weighted by atomic mass is 16.4. The van der Waals surface area contributed by atoms with Gasteiger partial charge in [-0.2, -0.15) is 0 Å². The quantitative estimate of drug-likeness (QED) is 0.659. The number of nitrogens with one attached hydrogen (secondary N) is 1. The molecule has 0 atom stereocenters. The lowest BCUT2D eigenvalue weighted by Crippen LogP contribution is -1.96. The Morgan fingerprint density at radius 2 is 2.05 bits per heavy atom. The van der Waals surface area contributed by atoms with Crippen LogP contribution in [0.15, 0.2) is 36.4 Å². The summed E-state index contributed by atoms with van der Waals surface area (Å²) in [6.45, 7) is 0. The van der Waals surface area contributed by atoms with Gasteiger partial charge in [0, 0.05) is 12.4 Å². The van der Waals surface area contributed by atoms with Crippen LogP contribution in [0.25, 0.3) is 22.3 Å². The maximum atomic E-state index is 10.9. The molecule has 3 N–H and O–H groups in total. The molecular formula is C14H12N2O3. The molecule has 2 heterocycles. The molecule has 5 nitrogen and oxygen atoms in total. The predicted molar refractivity (Wildman–Crippen MR) is 71.3 cm³/mol. The van der Waals surface area contributed by atoms with Crippen LogP contribution in [0, 0.1) is 0 Å². The number of benzene rings is 1. The molecule has 0 spiro atoms. The van der Waals surface area contributed by atoms with Gasteiger partial charge >= 0.3 is 5.97 Å². The Hall–Kier alpha value is -2.69. The second-order valence-electron chi connectivity index (χ2n) is 4.39. The van der Waals surface area contributed by atoms with E-state index in [0.29, 0.717) is 5.69 Å². The molecule has 3 rings (SSSR count). The van der Waals surface area contributed by atoms with Crippen LogP contribution in [0.1, 0.15) is 10.5 Å². The Kier molecular flexibility index (Phi) is 2.35. The highest BCUT2D eigenvalue weighted by Crippen LogP contribution is 2.31. The molecule has 5 heteroatoms. The lowest BCUT2D eigenvalue weighted by Gasteiger charge is -2.03. The number of phenolic OH excluding ortho intramolecular Hbond substituents is 1. The largest absolute Gasteiger partial charge is 0.506 e. The van der Waals surface area contributed by atoms with Crippen molar-refractivity contribution in [3.8, 4) is 17.1 Å². The third kappa shape index (κ3) is 1.67. The van der Waals surface area contributed by atoms with Gasteiger partial charge in [0.25, 0.3) is 0 Å². The first-order chi connectivity index (χ1) is 9.08. The minimum Gasteiger partial charge on any atom is -0.506 e. The summed E-state index contributed by atoms with van der Waals surface area (Å²) < 4.78 is 1.84. The molecule has 3 aromatic rings. The average Bonchev–Trinajstić information content (AvgIpc) is 2.95. The number of carbonyl (C=O) groups is 1. The van der Waals surface area contributed by atoms with Crippen molar-refractivity contribution in [2.75, 3.05) is 0 Å². The first kappa shape index (κ1) is 11.4. The molecule has 0 aliphatic rings. The van der Waals surface area contributed by atoms with E-state index >= 15 is 0 Å². The van der Waals surface area contributed by atoms with Crippen LogP contribution in [0.4, 0.5) is 0 Å². The molecule has 0 aliphatic heterocycles. The average molecular weight is 256 g/mol. The summed E-state index contributed by atoms with van der Waals surface area (Å²) in [5.41, 5.74) is 2.40. The molecule has 96 valence electrons. The second kappa shape index (κ2) is 3.91. The summed E-state index contributed by atoms with van der Waals surface area (Å²) in [6, 6.07) is 10.5. The predicted octanol–water partition coefficient (Wildman–Crippen LogP) is 2.58. The number of carboxylic acids is 1. The van der Waals surface area contributed by atoms with E-state index in [1.54, 1.807) is 18.2 Å². The van der Waals surface area contributed by atoms with Gasteiger partial charge in [0.15, 0.2) is 0 Å². The number of carboxylic acid groups (broad SMARTS) is 1. The fraction of sp³-hybridized carbons (Fsp3) is 0.0714. The zero-order chi connectivity index (χ0) is 13.6. The number of aromatic hydroxyl groups is 1. The maximum absolute atomic E-state index is 10.9. The van der Waals surface area contributed by atoms with Crippen molar-refractivity contribution < 1.29 is 15.0 Å². The van der Waals surface area contributed by atoms with E-state index in [9.17, 15) is 9.90 Å². The number of fused-ring (bicyclic) bond motifs is 1.